The van der Waals surface area contributed by atoms with Gasteiger partial charge in [-0.05, 0) is 29.8 Å². The van der Waals surface area contributed by atoms with E-state index in [0.29, 0.717) is 23.9 Å². The molecular formula is C17H19Cl2N3O2. The summed E-state index contributed by atoms with van der Waals surface area (Å²) in [5, 5.41) is 3.91. The van der Waals surface area contributed by atoms with Gasteiger partial charge in [-0.15, -0.1) is 12.4 Å². The van der Waals surface area contributed by atoms with Gasteiger partial charge in [0.1, 0.15) is 5.75 Å². The normalized spacial score (nSPS) is 17.0. The van der Waals surface area contributed by atoms with Gasteiger partial charge in [0, 0.05) is 37.1 Å². The zero-order chi connectivity index (χ0) is 16.1. The van der Waals surface area contributed by atoms with Crippen LogP contribution in [0.2, 0.25) is 5.02 Å². The summed E-state index contributed by atoms with van der Waals surface area (Å²) in [6.45, 7) is 2.14. The van der Waals surface area contributed by atoms with Gasteiger partial charge in [-0.1, -0.05) is 23.7 Å². The van der Waals surface area contributed by atoms with Gasteiger partial charge in [0.05, 0.1) is 6.04 Å². The van der Waals surface area contributed by atoms with Crippen LogP contribution in [0.5, 0.6) is 5.75 Å². The van der Waals surface area contributed by atoms with Crippen LogP contribution in [0.15, 0.2) is 48.8 Å². The Morgan fingerprint density at radius 3 is 3.00 bits per heavy atom. The van der Waals surface area contributed by atoms with Crippen LogP contribution in [-0.2, 0) is 4.79 Å². The average molecular weight is 368 g/mol. The topological polar surface area (TPSA) is 54.5 Å². The van der Waals surface area contributed by atoms with E-state index in [0.717, 1.165) is 12.1 Å². The van der Waals surface area contributed by atoms with Gasteiger partial charge in [0.2, 0.25) is 0 Å². The van der Waals surface area contributed by atoms with E-state index in [1.807, 2.05) is 17.0 Å². The van der Waals surface area contributed by atoms with Crippen molar-refractivity contribution in [3.8, 4) is 5.75 Å². The van der Waals surface area contributed by atoms with Gasteiger partial charge in [0.15, 0.2) is 6.61 Å². The van der Waals surface area contributed by atoms with Gasteiger partial charge < -0.3 is 15.0 Å². The molecular weight excluding hydrogens is 349 g/mol. The minimum atomic E-state index is -0.0414. The van der Waals surface area contributed by atoms with Gasteiger partial charge in [-0.2, -0.15) is 0 Å². The van der Waals surface area contributed by atoms with E-state index < -0.39 is 0 Å². The molecule has 1 atom stereocenters. The molecule has 128 valence electrons. The second kappa shape index (κ2) is 8.87. The highest BCUT2D eigenvalue weighted by Crippen LogP contribution is 2.22. The van der Waals surface area contributed by atoms with E-state index in [9.17, 15) is 4.79 Å². The quantitative estimate of drug-likeness (QED) is 0.902. The molecule has 2 aromatic rings. The van der Waals surface area contributed by atoms with Gasteiger partial charge >= 0.3 is 0 Å². The number of halogens is 2. The van der Waals surface area contributed by atoms with Crippen molar-refractivity contribution < 1.29 is 9.53 Å². The highest BCUT2D eigenvalue weighted by molar-refractivity contribution is 6.30. The molecule has 5 nitrogen and oxygen atoms in total. The number of carbonyl (C=O) groups excluding carboxylic acids is 1. The Morgan fingerprint density at radius 2 is 2.25 bits per heavy atom. The first-order chi connectivity index (χ1) is 11.2. The van der Waals surface area contributed by atoms with E-state index in [2.05, 4.69) is 10.3 Å². The summed E-state index contributed by atoms with van der Waals surface area (Å²) in [4.78, 5) is 18.6. The first-order valence-electron chi connectivity index (χ1n) is 7.52. The summed E-state index contributed by atoms with van der Waals surface area (Å²) < 4.78 is 5.57. The first-order valence-corrected chi connectivity index (χ1v) is 7.90. The number of aromatic nitrogens is 1. The SMILES string of the molecule is Cl.O=C(COc1cccc(Cl)c1)N1CCNCC1c1cccnc1. The molecule has 3 rings (SSSR count). The maximum atomic E-state index is 12.6. The lowest BCUT2D eigenvalue weighted by Crippen LogP contribution is -2.50. The predicted molar refractivity (Wildman–Crippen MR) is 95.8 cm³/mol. The van der Waals surface area contributed by atoms with Crippen LogP contribution in [0.3, 0.4) is 0 Å². The number of hydrogen-bond donors (Lipinski definition) is 1. The maximum absolute atomic E-state index is 12.6. The smallest absolute Gasteiger partial charge is 0.261 e. The molecule has 1 aliphatic heterocycles. The zero-order valence-electron chi connectivity index (χ0n) is 13.0. The van der Waals surface area contributed by atoms with Crippen LogP contribution in [-0.4, -0.2) is 42.0 Å². The lowest BCUT2D eigenvalue weighted by Gasteiger charge is -2.36. The molecule has 1 unspecified atom stereocenters. The van der Waals surface area contributed by atoms with Gasteiger partial charge in [-0.3, -0.25) is 9.78 Å². The third-order valence-electron chi connectivity index (χ3n) is 3.79. The number of ether oxygens (including phenoxy) is 1. The summed E-state index contributed by atoms with van der Waals surface area (Å²) in [5.74, 6) is 0.555. The summed E-state index contributed by atoms with van der Waals surface area (Å²) in [5.41, 5.74) is 1.02. The van der Waals surface area contributed by atoms with Crippen LogP contribution < -0.4 is 10.1 Å². The molecule has 1 fully saturated rings. The fourth-order valence-electron chi connectivity index (χ4n) is 2.66. The van der Waals surface area contributed by atoms with Crippen LogP contribution in [0.4, 0.5) is 0 Å². The monoisotopic (exact) mass is 367 g/mol. The van der Waals surface area contributed by atoms with Crippen molar-refractivity contribution in [1.82, 2.24) is 15.2 Å². The van der Waals surface area contributed by atoms with Crippen molar-refractivity contribution in [2.24, 2.45) is 0 Å². The van der Waals surface area contributed by atoms with Crippen LogP contribution in [0, 0.1) is 0 Å². The molecule has 0 spiro atoms. The number of pyridine rings is 1. The van der Waals surface area contributed by atoms with Gasteiger partial charge in [0.25, 0.3) is 5.91 Å². The van der Waals surface area contributed by atoms with Crippen molar-refractivity contribution in [2.45, 2.75) is 6.04 Å². The van der Waals surface area contributed by atoms with Crippen LogP contribution >= 0.6 is 24.0 Å². The minimum absolute atomic E-state index is 0. The Morgan fingerprint density at radius 1 is 1.38 bits per heavy atom. The number of amides is 1. The van der Waals surface area contributed by atoms with Crippen LogP contribution in [0.1, 0.15) is 11.6 Å². The third kappa shape index (κ3) is 4.60. The largest absolute Gasteiger partial charge is 0.484 e. The number of nitrogens with one attached hydrogen (secondary N) is 1. The molecule has 2 heterocycles. The number of benzene rings is 1. The maximum Gasteiger partial charge on any atom is 0.261 e. The summed E-state index contributed by atoms with van der Waals surface area (Å²) in [7, 11) is 0. The van der Waals surface area contributed by atoms with Crippen molar-refractivity contribution in [3.05, 3.63) is 59.4 Å². The fourth-order valence-corrected chi connectivity index (χ4v) is 2.84. The zero-order valence-corrected chi connectivity index (χ0v) is 14.6. The summed E-state index contributed by atoms with van der Waals surface area (Å²) in [6, 6.07) is 10.9. The third-order valence-corrected chi connectivity index (χ3v) is 4.03. The molecule has 24 heavy (non-hydrogen) atoms. The number of rotatable bonds is 4. The molecule has 1 aromatic heterocycles. The van der Waals surface area contributed by atoms with Crippen molar-refractivity contribution >= 4 is 29.9 Å². The van der Waals surface area contributed by atoms with Crippen molar-refractivity contribution in [3.63, 3.8) is 0 Å². The Hall–Kier alpha value is -1.82. The first kappa shape index (κ1) is 18.5. The Bertz CT molecular complexity index is 670. The number of hydrogen-bond acceptors (Lipinski definition) is 4. The van der Waals surface area contributed by atoms with Crippen LogP contribution in [0.25, 0.3) is 0 Å². The number of carbonyl (C=O) groups is 1. The molecule has 0 saturated carbocycles. The molecule has 1 N–H and O–H groups in total. The second-order valence-electron chi connectivity index (χ2n) is 5.34. The molecule has 1 aromatic carbocycles. The molecule has 0 aliphatic carbocycles. The minimum Gasteiger partial charge on any atom is -0.484 e. The Kier molecular flexibility index (Phi) is 6.85. The molecule has 7 heteroatoms. The Labute approximate surface area is 152 Å². The number of nitrogens with zero attached hydrogens (tertiary/aromatic N) is 2. The number of piperazine rings is 1. The van der Waals surface area contributed by atoms with Gasteiger partial charge in [-0.25, -0.2) is 0 Å². The van der Waals surface area contributed by atoms with E-state index in [1.165, 1.54) is 0 Å². The molecule has 1 saturated heterocycles. The molecule has 0 bridgehead atoms. The van der Waals surface area contributed by atoms with E-state index in [4.69, 9.17) is 16.3 Å². The van der Waals surface area contributed by atoms with E-state index in [-0.39, 0.29) is 31.0 Å². The highest BCUT2D eigenvalue weighted by Gasteiger charge is 2.28. The second-order valence-corrected chi connectivity index (χ2v) is 5.78. The van der Waals surface area contributed by atoms with E-state index >= 15 is 0 Å². The standard InChI is InChI=1S/C17H18ClN3O2.ClH/c18-14-4-1-5-15(9-14)23-12-17(22)21-8-7-20-11-16(21)13-3-2-6-19-10-13;/h1-6,9-10,16,20H,7-8,11-12H2;1H. The van der Waals surface area contributed by atoms with Crippen molar-refractivity contribution in [2.75, 3.05) is 26.2 Å². The lowest BCUT2D eigenvalue weighted by atomic mass is 10.1. The van der Waals surface area contributed by atoms with Crippen molar-refractivity contribution in [1.29, 1.82) is 0 Å². The lowest BCUT2D eigenvalue weighted by molar-refractivity contribution is -0.136. The predicted octanol–water partition coefficient (Wildman–Crippen LogP) is 2.71. The molecule has 1 amide bonds. The van der Waals surface area contributed by atoms with E-state index in [1.54, 1.807) is 36.7 Å². The highest BCUT2D eigenvalue weighted by atomic mass is 35.5. The molecule has 1 aliphatic rings. The molecule has 0 radical (unpaired) electrons. The average Bonchev–Trinajstić information content (AvgIpc) is 2.60. The summed E-state index contributed by atoms with van der Waals surface area (Å²) >= 11 is 5.92. The summed E-state index contributed by atoms with van der Waals surface area (Å²) in [6.07, 6.45) is 3.53. The fraction of sp³-hybridized carbons (Fsp3) is 0.294. The Balaban J connectivity index is 0.00000208.